The van der Waals surface area contributed by atoms with Gasteiger partial charge in [0.2, 0.25) is 0 Å². The van der Waals surface area contributed by atoms with E-state index >= 15 is 0 Å². The second-order valence-electron chi connectivity index (χ2n) is 6.83. The van der Waals surface area contributed by atoms with E-state index in [9.17, 15) is 19.7 Å². The highest BCUT2D eigenvalue weighted by Crippen LogP contribution is 2.17. The summed E-state index contributed by atoms with van der Waals surface area (Å²) >= 11 is 0. The number of nitro groups is 1. The third-order valence-corrected chi connectivity index (χ3v) is 4.47. The van der Waals surface area contributed by atoms with Gasteiger partial charge in [-0.1, -0.05) is 42.5 Å². The van der Waals surface area contributed by atoms with Crippen LogP contribution in [0.15, 0.2) is 84.9 Å². The molecule has 0 bridgehead atoms. The van der Waals surface area contributed by atoms with Gasteiger partial charge in [0.05, 0.1) is 11.5 Å². The van der Waals surface area contributed by atoms with Crippen molar-refractivity contribution in [1.29, 1.82) is 0 Å². The van der Waals surface area contributed by atoms with Crippen LogP contribution in [0.5, 0.6) is 11.5 Å². The Morgan fingerprint density at radius 2 is 1.48 bits per heavy atom. The van der Waals surface area contributed by atoms with E-state index in [1.807, 2.05) is 31.2 Å². The number of carbonyl (C=O) groups is 2. The number of carbonyl (C=O) groups excluding carboxylic acids is 2. The molecule has 0 spiro atoms. The normalized spacial score (nSPS) is 10.9. The Balaban J connectivity index is 1.56. The molecule has 0 saturated carbocycles. The van der Waals surface area contributed by atoms with Crippen molar-refractivity contribution in [2.75, 3.05) is 6.61 Å². The molecule has 7 heteroatoms. The maximum absolute atomic E-state index is 12.3. The zero-order valence-corrected chi connectivity index (χ0v) is 17.8. The van der Waals surface area contributed by atoms with E-state index < -0.39 is 10.9 Å². The van der Waals surface area contributed by atoms with E-state index in [-0.39, 0.29) is 17.0 Å². The molecule has 33 heavy (non-hydrogen) atoms. The highest BCUT2D eigenvalue weighted by molar-refractivity contribution is 6.07. The summed E-state index contributed by atoms with van der Waals surface area (Å²) in [6.45, 7) is 2.50. The highest BCUT2D eigenvalue weighted by atomic mass is 16.6. The summed E-state index contributed by atoms with van der Waals surface area (Å²) in [5, 5.41) is 10.8. The van der Waals surface area contributed by atoms with Gasteiger partial charge in [0.1, 0.15) is 11.5 Å². The molecule has 3 aromatic carbocycles. The summed E-state index contributed by atoms with van der Waals surface area (Å²) < 4.78 is 10.7. The SMILES string of the molecule is CCOc1ccc(/C=C/C(=O)Oc2ccc(/C=C/C(=O)c3cccc([N+](=O)[O-])c3)cc2)cc1. The van der Waals surface area contributed by atoms with Crippen molar-refractivity contribution in [3.05, 3.63) is 112 Å². The molecule has 3 aromatic rings. The molecule has 3 rings (SSSR count). The van der Waals surface area contributed by atoms with Gasteiger partial charge in [0, 0.05) is 23.8 Å². The van der Waals surface area contributed by atoms with Gasteiger partial charge in [-0.05, 0) is 54.5 Å². The van der Waals surface area contributed by atoms with Crippen LogP contribution in [-0.4, -0.2) is 23.3 Å². The zero-order valence-electron chi connectivity index (χ0n) is 17.8. The first kappa shape index (κ1) is 23.1. The van der Waals surface area contributed by atoms with Gasteiger partial charge in [0.15, 0.2) is 5.78 Å². The summed E-state index contributed by atoms with van der Waals surface area (Å²) in [6, 6.07) is 19.5. The zero-order chi connectivity index (χ0) is 23.6. The van der Waals surface area contributed by atoms with Crippen LogP contribution < -0.4 is 9.47 Å². The van der Waals surface area contributed by atoms with Crippen molar-refractivity contribution < 1.29 is 24.0 Å². The minimum atomic E-state index is -0.548. The van der Waals surface area contributed by atoms with Crippen molar-refractivity contribution in [1.82, 2.24) is 0 Å². The minimum Gasteiger partial charge on any atom is -0.494 e. The Kier molecular flexibility index (Phi) is 7.86. The van der Waals surface area contributed by atoms with Gasteiger partial charge in [0.25, 0.3) is 5.69 Å². The van der Waals surface area contributed by atoms with Crippen LogP contribution in [0, 0.1) is 10.1 Å². The van der Waals surface area contributed by atoms with Crippen LogP contribution in [0.25, 0.3) is 12.2 Å². The van der Waals surface area contributed by atoms with Gasteiger partial charge in [-0.25, -0.2) is 4.79 Å². The van der Waals surface area contributed by atoms with Crippen molar-refractivity contribution in [3.63, 3.8) is 0 Å². The average Bonchev–Trinajstić information content (AvgIpc) is 2.83. The predicted octanol–water partition coefficient (Wildman–Crippen LogP) is 5.51. The smallest absolute Gasteiger partial charge is 0.336 e. The van der Waals surface area contributed by atoms with E-state index in [1.165, 1.54) is 36.4 Å². The van der Waals surface area contributed by atoms with Crippen LogP contribution in [-0.2, 0) is 4.79 Å². The van der Waals surface area contributed by atoms with E-state index in [0.29, 0.717) is 17.9 Å². The lowest BCUT2D eigenvalue weighted by molar-refractivity contribution is -0.384. The Morgan fingerprint density at radius 3 is 2.09 bits per heavy atom. The summed E-state index contributed by atoms with van der Waals surface area (Å²) in [5.74, 6) is 0.248. The number of ketones is 1. The fraction of sp³-hybridized carbons (Fsp3) is 0.0769. The monoisotopic (exact) mass is 443 g/mol. The summed E-state index contributed by atoms with van der Waals surface area (Å²) in [6.07, 6.45) is 5.90. The molecule has 0 unspecified atom stereocenters. The fourth-order valence-corrected chi connectivity index (χ4v) is 2.84. The fourth-order valence-electron chi connectivity index (χ4n) is 2.84. The number of hydrogen-bond acceptors (Lipinski definition) is 6. The summed E-state index contributed by atoms with van der Waals surface area (Å²) in [7, 11) is 0. The molecule has 0 aromatic heterocycles. The first-order valence-electron chi connectivity index (χ1n) is 10.1. The molecule has 0 atom stereocenters. The van der Waals surface area contributed by atoms with Crippen LogP contribution >= 0.6 is 0 Å². The third kappa shape index (κ3) is 7.00. The molecular formula is C26H21NO6. The molecule has 0 aliphatic rings. The van der Waals surface area contributed by atoms with Crippen molar-refractivity contribution >= 4 is 29.6 Å². The van der Waals surface area contributed by atoms with E-state index in [2.05, 4.69) is 0 Å². The number of ether oxygens (including phenoxy) is 2. The predicted molar refractivity (Wildman–Crippen MR) is 125 cm³/mol. The first-order chi connectivity index (χ1) is 15.9. The molecule has 0 saturated heterocycles. The number of allylic oxidation sites excluding steroid dienone is 1. The quantitative estimate of drug-likeness (QED) is 0.108. The van der Waals surface area contributed by atoms with Crippen molar-refractivity contribution in [2.45, 2.75) is 6.92 Å². The molecule has 0 heterocycles. The van der Waals surface area contributed by atoms with E-state index in [4.69, 9.17) is 9.47 Å². The number of nitrogens with zero attached hydrogens (tertiary/aromatic N) is 1. The average molecular weight is 443 g/mol. The largest absolute Gasteiger partial charge is 0.494 e. The van der Waals surface area contributed by atoms with E-state index in [0.717, 1.165) is 11.3 Å². The number of rotatable bonds is 9. The Labute approximate surface area is 190 Å². The van der Waals surface area contributed by atoms with Gasteiger partial charge in [-0.3, -0.25) is 14.9 Å². The second-order valence-corrected chi connectivity index (χ2v) is 6.83. The Morgan fingerprint density at radius 1 is 0.879 bits per heavy atom. The van der Waals surface area contributed by atoms with Crippen LogP contribution in [0.2, 0.25) is 0 Å². The van der Waals surface area contributed by atoms with Gasteiger partial charge < -0.3 is 9.47 Å². The standard InChI is InChI=1S/C26H21NO6/c1-2-32-23-12-6-20(7-13-23)11-17-26(29)33-24-14-8-19(9-15-24)10-16-25(28)21-4-3-5-22(18-21)27(30)31/h3-18H,2H2,1H3/b16-10+,17-11+. The summed E-state index contributed by atoms with van der Waals surface area (Å²) in [4.78, 5) is 34.6. The van der Waals surface area contributed by atoms with E-state index in [1.54, 1.807) is 36.4 Å². The number of nitro benzene ring substituents is 1. The van der Waals surface area contributed by atoms with Crippen molar-refractivity contribution in [3.8, 4) is 11.5 Å². The van der Waals surface area contributed by atoms with Gasteiger partial charge in [-0.15, -0.1) is 0 Å². The molecule has 166 valence electrons. The molecule has 0 fully saturated rings. The number of hydrogen-bond donors (Lipinski definition) is 0. The van der Waals surface area contributed by atoms with Crippen LogP contribution in [0.3, 0.4) is 0 Å². The maximum Gasteiger partial charge on any atom is 0.336 e. The molecule has 0 N–H and O–H groups in total. The number of esters is 1. The lowest BCUT2D eigenvalue weighted by Gasteiger charge is -2.03. The molecule has 0 amide bonds. The number of benzene rings is 3. The number of non-ortho nitro benzene ring substituents is 1. The lowest BCUT2D eigenvalue weighted by atomic mass is 10.1. The summed E-state index contributed by atoms with van der Waals surface area (Å²) in [5.41, 5.74) is 1.63. The molecule has 0 aliphatic carbocycles. The Bertz CT molecular complexity index is 1190. The van der Waals surface area contributed by atoms with Gasteiger partial charge >= 0.3 is 5.97 Å². The topological polar surface area (TPSA) is 95.7 Å². The highest BCUT2D eigenvalue weighted by Gasteiger charge is 2.09. The lowest BCUT2D eigenvalue weighted by Crippen LogP contribution is -2.03. The molecule has 7 nitrogen and oxygen atoms in total. The van der Waals surface area contributed by atoms with Crippen molar-refractivity contribution in [2.24, 2.45) is 0 Å². The van der Waals surface area contributed by atoms with Crippen LogP contribution in [0.4, 0.5) is 5.69 Å². The minimum absolute atomic E-state index is 0.142. The Hall–Kier alpha value is -4.52. The third-order valence-electron chi connectivity index (χ3n) is 4.47. The molecule has 0 aliphatic heterocycles. The van der Waals surface area contributed by atoms with Crippen LogP contribution in [0.1, 0.15) is 28.4 Å². The molecule has 0 radical (unpaired) electrons. The second kappa shape index (κ2) is 11.2. The first-order valence-corrected chi connectivity index (χ1v) is 10.1. The molecular weight excluding hydrogens is 422 g/mol. The van der Waals surface area contributed by atoms with Gasteiger partial charge in [-0.2, -0.15) is 0 Å². The maximum atomic E-state index is 12.3.